The molecule has 0 saturated carbocycles. The molecule has 3 aliphatic rings. The Morgan fingerprint density at radius 3 is 2.56 bits per heavy atom. The summed E-state index contributed by atoms with van der Waals surface area (Å²) in [7, 11) is 1.75. The molecule has 2 amide bonds. The van der Waals surface area contributed by atoms with Crippen LogP contribution in [0.3, 0.4) is 0 Å². The van der Waals surface area contributed by atoms with E-state index in [1.807, 2.05) is 41.7 Å². The van der Waals surface area contributed by atoms with Crippen molar-refractivity contribution in [3.05, 3.63) is 65.9 Å². The highest BCUT2D eigenvalue weighted by Gasteiger charge is 2.71. The molecule has 1 aromatic heterocycles. The van der Waals surface area contributed by atoms with Gasteiger partial charge in [-0.25, -0.2) is 0 Å². The molecule has 0 spiro atoms. The van der Waals surface area contributed by atoms with Crippen LogP contribution in [-0.4, -0.2) is 62.6 Å². The number of anilines is 1. The Morgan fingerprint density at radius 2 is 1.78 bits per heavy atom. The van der Waals surface area contributed by atoms with Crippen LogP contribution >= 0.6 is 23.5 Å². The van der Waals surface area contributed by atoms with Crippen LogP contribution < -0.4 is 5.32 Å². The highest BCUT2D eigenvalue weighted by molar-refractivity contribution is 8.01. The number of fused-ring (bicyclic) bond motifs is 6. The van der Waals surface area contributed by atoms with Gasteiger partial charge in [0.05, 0.1) is 5.41 Å². The molecular weight excluding hydrogens is 440 g/mol. The van der Waals surface area contributed by atoms with E-state index in [9.17, 15) is 9.59 Å². The van der Waals surface area contributed by atoms with E-state index in [1.54, 1.807) is 11.9 Å². The van der Waals surface area contributed by atoms with E-state index >= 15 is 0 Å². The predicted molar refractivity (Wildman–Crippen MR) is 131 cm³/mol. The first kappa shape index (κ1) is 20.1. The van der Waals surface area contributed by atoms with Crippen molar-refractivity contribution in [1.29, 1.82) is 0 Å². The molecule has 3 aromatic rings. The van der Waals surface area contributed by atoms with Gasteiger partial charge in [-0.2, -0.15) is 0 Å². The predicted octanol–water partition coefficient (Wildman–Crippen LogP) is 3.66. The number of nitrogens with zero attached hydrogens (tertiary/aromatic N) is 2. The van der Waals surface area contributed by atoms with Gasteiger partial charge in [-0.05, 0) is 35.8 Å². The van der Waals surface area contributed by atoms with Gasteiger partial charge in [-0.15, -0.1) is 23.5 Å². The molecule has 0 aliphatic carbocycles. The molecule has 3 aliphatic heterocycles. The maximum absolute atomic E-state index is 13.9. The molecule has 32 heavy (non-hydrogen) atoms. The smallest absolute Gasteiger partial charge is 0.260 e. The number of benzene rings is 2. The SMILES string of the molecule is CSC1C(=O)N2[C@H]3Nc4ccccc4[C@@]3(c3c[nH]c4ccccc34)C[C@]2(SC)C(=O)N1C. The second kappa shape index (κ2) is 6.71. The first-order valence-electron chi connectivity index (χ1n) is 10.6. The van der Waals surface area contributed by atoms with Crippen LogP contribution in [0.4, 0.5) is 5.69 Å². The van der Waals surface area contributed by atoms with E-state index in [4.69, 9.17) is 0 Å². The Labute approximate surface area is 195 Å². The van der Waals surface area contributed by atoms with Gasteiger partial charge in [0.1, 0.15) is 6.17 Å². The molecular formula is C24H24N4O2S2. The number of aromatic nitrogens is 1. The third-order valence-corrected chi connectivity index (χ3v) is 9.57. The summed E-state index contributed by atoms with van der Waals surface area (Å²) >= 11 is 2.89. The number of hydrogen-bond acceptors (Lipinski definition) is 5. The fraction of sp³-hybridized carbons (Fsp3) is 0.333. The molecule has 0 radical (unpaired) electrons. The van der Waals surface area contributed by atoms with E-state index in [2.05, 4.69) is 40.8 Å². The number of piperazine rings is 1. The number of carbonyl (C=O) groups excluding carboxylic acids is 2. The fourth-order valence-corrected chi connectivity index (χ4v) is 7.87. The second-order valence-electron chi connectivity index (χ2n) is 8.69. The van der Waals surface area contributed by atoms with Crippen molar-refractivity contribution >= 4 is 51.9 Å². The summed E-state index contributed by atoms with van der Waals surface area (Å²) in [5.41, 5.74) is 3.81. The Hall–Kier alpha value is -2.58. The zero-order valence-electron chi connectivity index (χ0n) is 18.1. The lowest BCUT2D eigenvalue weighted by Gasteiger charge is -2.48. The highest BCUT2D eigenvalue weighted by Crippen LogP contribution is 2.62. The van der Waals surface area contributed by atoms with E-state index in [-0.39, 0.29) is 18.0 Å². The standard InChI is InChI=1S/C24H24N4O2S2/c1-27-20(31-2)19(29)28-21-23(13-24(28,32-3)22(27)30,15-9-5-7-11-18(15)26-21)16-12-25-17-10-6-4-8-14(16)17/h4-12,20-21,25-26H,13H2,1-3H3/t20?,21-,23-,24+/m1/s1. The minimum atomic E-state index is -0.957. The molecule has 2 saturated heterocycles. The fourth-order valence-electron chi connectivity index (χ4n) is 6.06. The van der Waals surface area contributed by atoms with Crippen molar-refractivity contribution in [2.75, 3.05) is 24.9 Å². The number of thioether (sulfide) groups is 2. The lowest BCUT2D eigenvalue weighted by atomic mass is 9.72. The average molecular weight is 465 g/mol. The minimum absolute atomic E-state index is 0.00292. The summed E-state index contributed by atoms with van der Waals surface area (Å²) in [4.78, 5) is 33.7. The first-order valence-corrected chi connectivity index (χ1v) is 13.1. The van der Waals surface area contributed by atoms with Crippen molar-refractivity contribution in [1.82, 2.24) is 14.8 Å². The number of nitrogens with one attached hydrogen (secondary N) is 2. The quantitative estimate of drug-likeness (QED) is 0.619. The van der Waals surface area contributed by atoms with E-state index < -0.39 is 15.7 Å². The lowest BCUT2D eigenvalue weighted by Crippen LogP contribution is -2.68. The van der Waals surface area contributed by atoms with Crippen molar-refractivity contribution in [3.63, 3.8) is 0 Å². The molecule has 1 unspecified atom stereocenters. The number of hydrogen-bond donors (Lipinski definition) is 2. The van der Waals surface area contributed by atoms with Gasteiger partial charge in [-0.1, -0.05) is 36.4 Å². The molecule has 6 rings (SSSR count). The van der Waals surface area contributed by atoms with Crippen LogP contribution in [0.15, 0.2) is 54.7 Å². The number of amides is 2. The second-order valence-corrected chi connectivity index (χ2v) is 10.7. The van der Waals surface area contributed by atoms with Gasteiger partial charge in [0.25, 0.3) is 11.8 Å². The zero-order valence-corrected chi connectivity index (χ0v) is 19.7. The van der Waals surface area contributed by atoms with E-state index in [1.165, 1.54) is 23.5 Å². The summed E-state index contributed by atoms with van der Waals surface area (Å²) in [5, 5.41) is 4.26. The van der Waals surface area contributed by atoms with Gasteiger partial charge in [0.15, 0.2) is 10.2 Å². The van der Waals surface area contributed by atoms with Crippen LogP contribution in [0.25, 0.3) is 10.9 Å². The molecule has 2 aromatic carbocycles. The Kier molecular flexibility index (Phi) is 4.21. The van der Waals surface area contributed by atoms with Crippen LogP contribution in [0.2, 0.25) is 0 Å². The largest absolute Gasteiger partial charge is 0.364 e. The summed E-state index contributed by atoms with van der Waals surface area (Å²) in [6.45, 7) is 0. The van der Waals surface area contributed by atoms with Crippen molar-refractivity contribution in [3.8, 4) is 0 Å². The number of likely N-dealkylation sites (N-methyl/N-ethyl adjacent to an activating group) is 1. The molecule has 164 valence electrons. The van der Waals surface area contributed by atoms with E-state index in [0.717, 1.165) is 27.7 Å². The third-order valence-electron chi connectivity index (χ3n) is 7.42. The lowest BCUT2D eigenvalue weighted by molar-refractivity contribution is -0.157. The maximum atomic E-state index is 13.9. The average Bonchev–Trinajstić information content (AvgIpc) is 3.46. The van der Waals surface area contributed by atoms with Crippen LogP contribution in [-0.2, 0) is 15.0 Å². The van der Waals surface area contributed by atoms with Crippen LogP contribution in [0, 0.1) is 0 Å². The molecule has 0 bridgehead atoms. The molecule has 8 heteroatoms. The first-order chi connectivity index (χ1) is 15.5. The number of H-pyrrole nitrogens is 1. The third kappa shape index (κ3) is 2.19. The van der Waals surface area contributed by atoms with Crippen LogP contribution in [0.1, 0.15) is 17.5 Å². The Morgan fingerprint density at radius 1 is 1.03 bits per heavy atom. The molecule has 2 fully saturated rings. The summed E-state index contributed by atoms with van der Waals surface area (Å²) in [6.07, 6.45) is 6.08. The number of para-hydroxylation sites is 2. The van der Waals surface area contributed by atoms with Crippen molar-refractivity contribution in [2.45, 2.75) is 28.2 Å². The normalized spacial score (nSPS) is 31.0. The number of aromatic amines is 1. The zero-order chi connectivity index (χ0) is 22.3. The van der Waals surface area contributed by atoms with Crippen molar-refractivity contribution < 1.29 is 9.59 Å². The van der Waals surface area contributed by atoms with Gasteiger partial charge in [-0.3, -0.25) is 14.5 Å². The maximum Gasteiger partial charge on any atom is 0.260 e. The van der Waals surface area contributed by atoms with Gasteiger partial charge < -0.3 is 15.2 Å². The highest BCUT2D eigenvalue weighted by atomic mass is 32.2. The summed E-state index contributed by atoms with van der Waals surface area (Å²) in [6, 6.07) is 16.5. The summed E-state index contributed by atoms with van der Waals surface area (Å²) < 4.78 is 0. The Balaban J connectivity index is 1.66. The topological polar surface area (TPSA) is 68.4 Å². The summed E-state index contributed by atoms with van der Waals surface area (Å²) in [5.74, 6) is -0.0159. The molecule has 6 nitrogen and oxygen atoms in total. The number of rotatable bonds is 3. The minimum Gasteiger partial charge on any atom is -0.364 e. The molecule has 4 heterocycles. The van der Waals surface area contributed by atoms with Crippen molar-refractivity contribution in [2.24, 2.45) is 0 Å². The Bertz CT molecular complexity index is 1280. The monoisotopic (exact) mass is 464 g/mol. The van der Waals surface area contributed by atoms with Gasteiger partial charge in [0.2, 0.25) is 0 Å². The van der Waals surface area contributed by atoms with E-state index in [0.29, 0.717) is 6.42 Å². The van der Waals surface area contributed by atoms with Gasteiger partial charge >= 0.3 is 0 Å². The molecule has 4 atom stereocenters. The number of carbonyl (C=O) groups is 2. The van der Waals surface area contributed by atoms with Crippen LogP contribution in [0.5, 0.6) is 0 Å². The molecule has 2 N–H and O–H groups in total. The van der Waals surface area contributed by atoms with Gasteiger partial charge in [0, 0.05) is 36.3 Å².